The predicted octanol–water partition coefficient (Wildman–Crippen LogP) is 2.86. The number of piperidine rings is 1. The molecule has 0 bridgehead atoms. The largest absolute Gasteiger partial charge is 0.451 e. The Kier molecular flexibility index (Phi) is 6.37. The van der Waals surface area contributed by atoms with Crippen molar-refractivity contribution in [2.75, 3.05) is 19.7 Å². The lowest BCUT2D eigenvalue weighted by Crippen LogP contribution is -2.44. The second-order valence-electron chi connectivity index (χ2n) is 7.71. The molecule has 0 unspecified atom stereocenters. The third-order valence-electron chi connectivity index (χ3n) is 4.92. The number of nitrogens with zero attached hydrogens (tertiary/aromatic N) is 3. The van der Waals surface area contributed by atoms with Crippen molar-refractivity contribution in [1.29, 1.82) is 0 Å². The molecule has 0 radical (unpaired) electrons. The number of hydrogen-bond donors (Lipinski definition) is 0. The summed E-state index contributed by atoms with van der Waals surface area (Å²) in [5.74, 6) is -0.362. The van der Waals surface area contributed by atoms with Gasteiger partial charge in [0.15, 0.2) is 6.61 Å². The lowest BCUT2D eigenvalue weighted by molar-refractivity contribution is -0.137. The summed E-state index contributed by atoms with van der Waals surface area (Å²) in [6.45, 7) is 6.78. The Hall–Kier alpha value is -2.67. The fourth-order valence-electron chi connectivity index (χ4n) is 3.69. The molecule has 1 saturated heterocycles. The molecule has 0 spiro atoms. The summed E-state index contributed by atoms with van der Waals surface area (Å²) in [6, 6.07) is 8.14. The Bertz CT molecular complexity index is 961. The Balaban J connectivity index is 1.73. The number of aromatic nitrogens is 2. The van der Waals surface area contributed by atoms with E-state index in [1.165, 1.54) is 10.7 Å². The molecular formula is C21H24ClN3O4. The third-order valence-corrected chi connectivity index (χ3v) is 5.17. The van der Waals surface area contributed by atoms with Crippen LogP contribution in [0.2, 0.25) is 5.02 Å². The topological polar surface area (TPSA) is 81.5 Å². The van der Waals surface area contributed by atoms with Crippen LogP contribution in [-0.4, -0.2) is 46.3 Å². The molecule has 2 heterocycles. The number of benzene rings is 1. The summed E-state index contributed by atoms with van der Waals surface area (Å²) < 4.78 is 6.58. The highest BCUT2D eigenvalue weighted by Crippen LogP contribution is 2.21. The highest BCUT2D eigenvalue weighted by Gasteiger charge is 2.26. The van der Waals surface area contributed by atoms with Crippen LogP contribution >= 0.6 is 11.6 Å². The number of esters is 1. The van der Waals surface area contributed by atoms with E-state index in [0.717, 1.165) is 6.42 Å². The number of aryl methyl sites for hydroxylation is 1. The van der Waals surface area contributed by atoms with Crippen LogP contribution in [0.3, 0.4) is 0 Å². The zero-order chi connectivity index (χ0) is 21.1. The zero-order valence-electron chi connectivity index (χ0n) is 16.7. The first-order valence-corrected chi connectivity index (χ1v) is 9.94. The van der Waals surface area contributed by atoms with Gasteiger partial charge in [-0.1, -0.05) is 25.4 Å². The molecule has 7 nitrogen and oxygen atoms in total. The van der Waals surface area contributed by atoms with Crippen molar-refractivity contribution in [3.63, 3.8) is 0 Å². The van der Waals surface area contributed by atoms with E-state index in [-0.39, 0.29) is 11.6 Å². The molecule has 1 amide bonds. The average molecular weight is 418 g/mol. The Morgan fingerprint density at radius 1 is 1.17 bits per heavy atom. The van der Waals surface area contributed by atoms with E-state index in [1.807, 2.05) is 0 Å². The van der Waals surface area contributed by atoms with Crippen molar-refractivity contribution >= 4 is 23.5 Å². The molecule has 154 valence electrons. The molecule has 1 aromatic carbocycles. The molecule has 29 heavy (non-hydrogen) atoms. The van der Waals surface area contributed by atoms with Crippen molar-refractivity contribution in [3.05, 3.63) is 57.0 Å². The van der Waals surface area contributed by atoms with Gasteiger partial charge < -0.3 is 9.64 Å². The first-order chi connectivity index (χ1) is 13.7. The molecule has 1 fully saturated rings. The molecule has 0 saturated carbocycles. The van der Waals surface area contributed by atoms with E-state index in [0.29, 0.717) is 41.3 Å². The minimum atomic E-state index is -0.913. The van der Waals surface area contributed by atoms with Gasteiger partial charge in [-0.25, -0.2) is 9.48 Å². The van der Waals surface area contributed by atoms with Crippen LogP contribution in [-0.2, 0) is 9.53 Å². The van der Waals surface area contributed by atoms with Crippen molar-refractivity contribution in [2.45, 2.75) is 27.2 Å². The Labute approximate surface area is 174 Å². The van der Waals surface area contributed by atoms with E-state index in [9.17, 15) is 14.4 Å². The highest BCUT2D eigenvalue weighted by atomic mass is 35.5. The van der Waals surface area contributed by atoms with Crippen LogP contribution in [0.4, 0.5) is 0 Å². The maximum atomic E-state index is 12.4. The van der Waals surface area contributed by atoms with E-state index >= 15 is 0 Å². The van der Waals surface area contributed by atoms with Gasteiger partial charge in [0.1, 0.15) is 0 Å². The van der Waals surface area contributed by atoms with E-state index in [2.05, 4.69) is 18.9 Å². The first kappa shape index (κ1) is 21.0. The summed E-state index contributed by atoms with van der Waals surface area (Å²) in [4.78, 5) is 38.8. The summed E-state index contributed by atoms with van der Waals surface area (Å²) in [7, 11) is 0. The van der Waals surface area contributed by atoms with Gasteiger partial charge in [0.25, 0.3) is 5.91 Å². The monoisotopic (exact) mass is 417 g/mol. The molecule has 1 aliphatic rings. The van der Waals surface area contributed by atoms with Crippen LogP contribution in [0.5, 0.6) is 0 Å². The van der Waals surface area contributed by atoms with Crippen LogP contribution in [0.25, 0.3) is 5.69 Å². The summed E-state index contributed by atoms with van der Waals surface area (Å²) in [5.41, 5.74) is 0.290. The van der Waals surface area contributed by atoms with Crippen molar-refractivity contribution in [1.82, 2.24) is 14.7 Å². The molecular weight excluding hydrogens is 394 g/mol. The molecule has 2 atom stereocenters. The van der Waals surface area contributed by atoms with Crippen LogP contribution in [0.1, 0.15) is 36.5 Å². The predicted molar refractivity (Wildman–Crippen MR) is 109 cm³/mol. The standard InChI is InChI=1S/C21H24ClN3O4/c1-13-8-14(2)11-24(10-13)19(27)12-29-21(28)20-18(26)9-15(3)25(23-20)17-6-4-16(22)5-7-17/h4-7,9,13-14H,8,10-12H2,1-3H3/t13-,14-/m0/s1. The molecule has 3 rings (SSSR count). The van der Waals surface area contributed by atoms with Gasteiger partial charge in [-0.05, 0) is 49.4 Å². The van der Waals surface area contributed by atoms with E-state index in [4.69, 9.17) is 16.3 Å². The lowest BCUT2D eigenvalue weighted by Gasteiger charge is -2.34. The van der Waals surface area contributed by atoms with E-state index in [1.54, 1.807) is 36.1 Å². The van der Waals surface area contributed by atoms with Gasteiger partial charge in [-0.3, -0.25) is 9.59 Å². The smallest absolute Gasteiger partial charge is 0.363 e. The summed E-state index contributed by atoms with van der Waals surface area (Å²) >= 11 is 5.91. The molecule has 8 heteroatoms. The lowest BCUT2D eigenvalue weighted by atomic mass is 9.92. The zero-order valence-corrected chi connectivity index (χ0v) is 17.5. The van der Waals surface area contributed by atoms with Crippen molar-refractivity contribution in [2.24, 2.45) is 11.8 Å². The van der Waals surface area contributed by atoms with Gasteiger partial charge in [0.2, 0.25) is 11.1 Å². The average Bonchev–Trinajstić information content (AvgIpc) is 2.66. The SMILES string of the molecule is Cc1cc(=O)c(C(=O)OCC(=O)N2C[C@@H](C)C[C@H](C)C2)nn1-c1ccc(Cl)cc1. The van der Waals surface area contributed by atoms with Gasteiger partial charge in [0, 0.05) is 29.9 Å². The molecule has 0 aliphatic carbocycles. The molecule has 1 aliphatic heterocycles. The number of ether oxygens (including phenoxy) is 1. The van der Waals surface area contributed by atoms with Gasteiger partial charge in [-0.15, -0.1) is 0 Å². The van der Waals surface area contributed by atoms with E-state index < -0.39 is 18.0 Å². The van der Waals surface area contributed by atoms with Crippen LogP contribution in [0.15, 0.2) is 35.1 Å². The Morgan fingerprint density at radius 2 is 1.79 bits per heavy atom. The quantitative estimate of drug-likeness (QED) is 0.714. The van der Waals surface area contributed by atoms with Gasteiger partial charge in [-0.2, -0.15) is 5.10 Å². The maximum Gasteiger partial charge on any atom is 0.363 e. The number of carbonyl (C=O) groups excluding carboxylic acids is 2. The summed E-state index contributed by atoms with van der Waals surface area (Å²) in [6.07, 6.45) is 1.07. The van der Waals surface area contributed by atoms with Crippen LogP contribution in [0, 0.1) is 18.8 Å². The minimum absolute atomic E-state index is 0.262. The number of hydrogen-bond acceptors (Lipinski definition) is 5. The maximum absolute atomic E-state index is 12.4. The summed E-state index contributed by atoms with van der Waals surface area (Å²) in [5, 5.41) is 4.71. The van der Waals surface area contributed by atoms with Gasteiger partial charge in [0.05, 0.1) is 5.69 Å². The number of halogens is 1. The van der Waals surface area contributed by atoms with Crippen molar-refractivity contribution in [3.8, 4) is 5.69 Å². The Morgan fingerprint density at radius 3 is 2.41 bits per heavy atom. The molecule has 0 N–H and O–H groups in total. The first-order valence-electron chi connectivity index (χ1n) is 9.56. The number of likely N-dealkylation sites (tertiary alicyclic amines) is 1. The second-order valence-corrected chi connectivity index (χ2v) is 8.14. The minimum Gasteiger partial charge on any atom is -0.451 e. The fourth-order valence-corrected chi connectivity index (χ4v) is 3.81. The highest BCUT2D eigenvalue weighted by molar-refractivity contribution is 6.30. The number of amides is 1. The second kappa shape index (κ2) is 8.78. The number of rotatable bonds is 4. The fraction of sp³-hybridized carbons (Fsp3) is 0.429. The molecule has 2 aromatic rings. The number of carbonyl (C=O) groups is 2. The van der Waals surface area contributed by atoms with Crippen LogP contribution < -0.4 is 5.43 Å². The van der Waals surface area contributed by atoms with Gasteiger partial charge >= 0.3 is 5.97 Å². The van der Waals surface area contributed by atoms with Crippen molar-refractivity contribution < 1.29 is 14.3 Å². The molecule has 1 aromatic heterocycles. The normalized spacial score (nSPS) is 19.1. The third kappa shape index (κ3) is 5.03.